The molecule has 2 N–H and O–H groups in total. The van der Waals surface area contributed by atoms with E-state index in [1.807, 2.05) is 12.1 Å². The molecule has 6 nitrogen and oxygen atoms in total. The standard InChI is InChI=1S/C32H33N3O3S/c1-33-31(36)30-25(23-10-2-3-14-29(23)39-30)19-22-9-4-5-17-35(22)28-13-6-8-20-15-16-21(18-24(20)28)26-11-7-12-27(34-26)32(37)38/h2-3,7,10-12,14-16,18,22,28H,4-6,8-9,13,17,19H2,1H3,(H,33,36)(H,37,38)/t22-,28+/m0/s1. The summed E-state index contributed by atoms with van der Waals surface area (Å²) in [6.07, 6.45) is 7.66. The molecule has 0 spiro atoms. The van der Waals surface area contributed by atoms with Crippen LogP contribution in [-0.2, 0) is 12.8 Å². The summed E-state index contributed by atoms with van der Waals surface area (Å²) in [4.78, 5) is 32.3. The molecular formula is C32H33N3O3S. The summed E-state index contributed by atoms with van der Waals surface area (Å²) < 4.78 is 1.16. The van der Waals surface area contributed by atoms with Crippen LogP contribution in [0.3, 0.4) is 0 Å². The number of pyridine rings is 1. The SMILES string of the molecule is CNC(=O)c1sc2ccccc2c1C[C@@H]1CCCCN1[C@@H]1CCCc2ccc(-c3cccc(C(=O)O)n3)cc21. The largest absolute Gasteiger partial charge is 0.477 e. The summed E-state index contributed by atoms with van der Waals surface area (Å²) in [5.41, 5.74) is 5.61. The van der Waals surface area contributed by atoms with Crippen LogP contribution in [0.15, 0.2) is 60.7 Å². The van der Waals surface area contributed by atoms with Crippen LogP contribution in [0.25, 0.3) is 21.3 Å². The number of fused-ring (bicyclic) bond motifs is 2. The summed E-state index contributed by atoms with van der Waals surface area (Å²) in [6, 6.07) is 20.7. The molecule has 39 heavy (non-hydrogen) atoms. The first kappa shape index (κ1) is 25.7. The normalized spacial score (nSPS) is 19.5. The summed E-state index contributed by atoms with van der Waals surface area (Å²) in [5.74, 6) is -1.02. The van der Waals surface area contributed by atoms with Crippen LogP contribution >= 0.6 is 11.3 Å². The molecule has 0 saturated carbocycles. The van der Waals surface area contributed by atoms with Crippen molar-refractivity contribution in [2.24, 2.45) is 0 Å². The summed E-state index contributed by atoms with van der Waals surface area (Å²) >= 11 is 1.59. The lowest BCUT2D eigenvalue weighted by Gasteiger charge is -2.44. The maximum atomic E-state index is 12.9. The topological polar surface area (TPSA) is 82.5 Å². The second-order valence-electron chi connectivity index (χ2n) is 10.6. The van der Waals surface area contributed by atoms with E-state index < -0.39 is 5.97 Å². The second-order valence-corrected chi connectivity index (χ2v) is 11.7. The minimum atomic E-state index is -1.01. The number of rotatable bonds is 6. The number of thiophene rings is 1. The van der Waals surface area contributed by atoms with Gasteiger partial charge in [-0.05, 0) is 91.4 Å². The lowest BCUT2D eigenvalue weighted by atomic mass is 9.82. The number of aromatic carboxylic acids is 1. The Bertz CT molecular complexity index is 1540. The lowest BCUT2D eigenvalue weighted by molar-refractivity contribution is 0.0690. The maximum absolute atomic E-state index is 12.9. The molecule has 2 aromatic heterocycles. The van der Waals surface area contributed by atoms with Crippen LogP contribution < -0.4 is 5.32 Å². The van der Waals surface area contributed by atoms with Crippen molar-refractivity contribution in [3.8, 4) is 11.3 Å². The minimum Gasteiger partial charge on any atom is -0.477 e. The number of nitrogens with zero attached hydrogens (tertiary/aromatic N) is 2. The van der Waals surface area contributed by atoms with Crippen LogP contribution in [0.4, 0.5) is 0 Å². The number of nitrogens with one attached hydrogen (secondary N) is 1. The number of carboxylic acid groups (broad SMARTS) is 1. The maximum Gasteiger partial charge on any atom is 0.354 e. The van der Waals surface area contributed by atoms with E-state index in [0.717, 1.165) is 53.8 Å². The van der Waals surface area contributed by atoms with Gasteiger partial charge < -0.3 is 10.4 Å². The molecule has 4 aromatic rings. The van der Waals surface area contributed by atoms with Gasteiger partial charge in [0.2, 0.25) is 0 Å². The Morgan fingerprint density at radius 1 is 1.05 bits per heavy atom. The summed E-state index contributed by atoms with van der Waals surface area (Å²) in [6.45, 7) is 1.04. The molecule has 6 rings (SSSR count). The highest BCUT2D eigenvalue weighted by Gasteiger charge is 2.34. The van der Waals surface area contributed by atoms with Gasteiger partial charge in [-0.2, -0.15) is 0 Å². The van der Waals surface area contributed by atoms with Gasteiger partial charge in [-0.15, -0.1) is 11.3 Å². The number of aryl methyl sites for hydroxylation is 1. The second kappa shape index (κ2) is 10.9. The quantitative estimate of drug-likeness (QED) is 0.292. The van der Waals surface area contributed by atoms with Crippen molar-refractivity contribution in [2.75, 3.05) is 13.6 Å². The van der Waals surface area contributed by atoms with Crippen molar-refractivity contribution in [1.29, 1.82) is 0 Å². The van der Waals surface area contributed by atoms with Crippen molar-refractivity contribution in [2.45, 2.75) is 57.0 Å². The summed E-state index contributed by atoms with van der Waals surface area (Å²) in [5, 5.41) is 13.5. The molecule has 1 amide bonds. The van der Waals surface area contributed by atoms with Crippen molar-refractivity contribution in [3.05, 3.63) is 87.9 Å². The van der Waals surface area contributed by atoms with Crippen LogP contribution in [0.1, 0.15) is 75.0 Å². The van der Waals surface area contributed by atoms with Gasteiger partial charge in [0.05, 0.1) is 10.6 Å². The molecule has 0 radical (unpaired) electrons. The van der Waals surface area contributed by atoms with Crippen LogP contribution in [-0.4, -0.2) is 46.5 Å². The molecule has 2 aliphatic rings. The van der Waals surface area contributed by atoms with Crippen molar-refractivity contribution < 1.29 is 14.7 Å². The number of piperidine rings is 1. The fraction of sp³-hybridized carbons (Fsp3) is 0.344. The Morgan fingerprint density at radius 3 is 2.77 bits per heavy atom. The first-order chi connectivity index (χ1) is 19.0. The molecule has 0 unspecified atom stereocenters. The Morgan fingerprint density at radius 2 is 1.92 bits per heavy atom. The Kier molecular flexibility index (Phi) is 7.19. The smallest absolute Gasteiger partial charge is 0.354 e. The van der Waals surface area contributed by atoms with Gasteiger partial charge in [0.25, 0.3) is 5.91 Å². The van der Waals surface area contributed by atoms with Gasteiger partial charge >= 0.3 is 5.97 Å². The first-order valence-corrected chi connectivity index (χ1v) is 14.7. The molecule has 1 saturated heterocycles. The lowest BCUT2D eigenvalue weighted by Crippen LogP contribution is -2.44. The van der Waals surface area contributed by atoms with E-state index >= 15 is 0 Å². The molecule has 1 aliphatic heterocycles. The van der Waals surface area contributed by atoms with E-state index in [0.29, 0.717) is 17.8 Å². The van der Waals surface area contributed by atoms with Crippen LogP contribution in [0.2, 0.25) is 0 Å². The zero-order valence-electron chi connectivity index (χ0n) is 22.2. The van der Waals surface area contributed by atoms with Gasteiger partial charge in [0.1, 0.15) is 5.69 Å². The molecule has 3 heterocycles. The van der Waals surface area contributed by atoms with Crippen molar-refractivity contribution >= 4 is 33.3 Å². The predicted octanol–water partition coefficient (Wildman–Crippen LogP) is 6.50. The van der Waals surface area contributed by atoms with Crippen LogP contribution in [0.5, 0.6) is 0 Å². The van der Waals surface area contributed by atoms with E-state index in [2.05, 4.69) is 51.6 Å². The molecule has 2 atom stereocenters. The predicted molar refractivity (Wildman–Crippen MR) is 156 cm³/mol. The molecule has 200 valence electrons. The number of carbonyl (C=O) groups is 2. The average molecular weight is 540 g/mol. The molecule has 2 aromatic carbocycles. The Labute approximate surface area is 232 Å². The number of hydrogen-bond donors (Lipinski definition) is 2. The van der Waals surface area contributed by atoms with E-state index in [1.54, 1.807) is 24.5 Å². The highest BCUT2D eigenvalue weighted by molar-refractivity contribution is 7.21. The monoisotopic (exact) mass is 539 g/mol. The number of carbonyl (C=O) groups excluding carboxylic acids is 1. The fourth-order valence-corrected chi connectivity index (χ4v) is 7.66. The van der Waals surface area contributed by atoms with E-state index in [-0.39, 0.29) is 11.6 Å². The van der Waals surface area contributed by atoms with Gasteiger partial charge in [-0.3, -0.25) is 9.69 Å². The highest BCUT2D eigenvalue weighted by Crippen LogP contribution is 2.41. The third kappa shape index (κ3) is 4.97. The third-order valence-electron chi connectivity index (χ3n) is 8.34. The number of benzene rings is 2. The van der Waals surface area contributed by atoms with E-state index in [1.165, 1.54) is 41.0 Å². The molecule has 1 aliphatic carbocycles. The van der Waals surface area contributed by atoms with Gasteiger partial charge in [0.15, 0.2) is 0 Å². The molecular weight excluding hydrogens is 506 g/mol. The number of amides is 1. The minimum absolute atomic E-state index is 0.00250. The highest BCUT2D eigenvalue weighted by atomic mass is 32.1. The summed E-state index contributed by atoms with van der Waals surface area (Å²) in [7, 11) is 1.71. The van der Waals surface area contributed by atoms with E-state index in [4.69, 9.17) is 0 Å². The molecule has 7 heteroatoms. The van der Waals surface area contributed by atoms with Crippen molar-refractivity contribution in [1.82, 2.24) is 15.2 Å². The molecule has 1 fully saturated rings. The zero-order chi connectivity index (χ0) is 26.9. The molecule has 0 bridgehead atoms. The average Bonchev–Trinajstić information content (AvgIpc) is 3.35. The third-order valence-corrected chi connectivity index (χ3v) is 9.55. The van der Waals surface area contributed by atoms with Crippen molar-refractivity contribution in [3.63, 3.8) is 0 Å². The first-order valence-electron chi connectivity index (χ1n) is 13.8. The fourth-order valence-electron chi connectivity index (χ4n) is 6.48. The number of aromatic nitrogens is 1. The number of hydrogen-bond acceptors (Lipinski definition) is 5. The van der Waals surface area contributed by atoms with E-state index in [9.17, 15) is 14.7 Å². The Hall–Kier alpha value is -3.55. The van der Waals surface area contributed by atoms with Gasteiger partial charge in [-0.25, -0.2) is 9.78 Å². The zero-order valence-corrected chi connectivity index (χ0v) is 23.0. The number of carboxylic acids is 1. The number of likely N-dealkylation sites (tertiary alicyclic amines) is 1. The van der Waals surface area contributed by atoms with Gasteiger partial charge in [0, 0.05) is 29.4 Å². The van der Waals surface area contributed by atoms with Gasteiger partial charge in [-0.1, -0.05) is 42.8 Å². The Balaban J connectivity index is 1.36. The van der Waals surface area contributed by atoms with Crippen LogP contribution in [0, 0.1) is 0 Å².